The Labute approximate surface area is 189 Å². The molecule has 1 saturated heterocycles. The van der Waals surface area contributed by atoms with Crippen molar-refractivity contribution >= 4 is 5.95 Å². The van der Waals surface area contributed by atoms with Gasteiger partial charge in [-0.2, -0.15) is 0 Å². The third-order valence-electron chi connectivity index (χ3n) is 5.74. The van der Waals surface area contributed by atoms with Gasteiger partial charge in [-0.25, -0.2) is 9.97 Å². The van der Waals surface area contributed by atoms with Crippen LogP contribution < -0.4 is 20.7 Å². The van der Waals surface area contributed by atoms with Gasteiger partial charge >= 0.3 is 0 Å². The van der Waals surface area contributed by atoms with Crippen LogP contribution in [-0.2, 0) is 0 Å². The van der Waals surface area contributed by atoms with E-state index in [4.69, 9.17) is 4.74 Å². The summed E-state index contributed by atoms with van der Waals surface area (Å²) in [7, 11) is 1.95. The summed E-state index contributed by atoms with van der Waals surface area (Å²) in [6.45, 7) is 2.95. The molecule has 1 fully saturated rings. The van der Waals surface area contributed by atoms with Gasteiger partial charge in [0.25, 0.3) is 0 Å². The summed E-state index contributed by atoms with van der Waals surface area (Å²) in [4.78, 5) is 8.95. The first-order valence-corrected chi connectivity index (χ1v) is 11.2. The van der Waals surface area contributed by atoms with Crippen LogP contribution in [0.15, 0.2) is 66.9 Å². The van der Waals surface area contributed by atoms with Crippen molar-refractivity contribution in [2.24, 2.45) is 5.92 Å². The maximum atomic E-state index is 9.95. The highest BCUT2D eigenvalue weighted by Gasteiger charge is 2.24. The number of nitrogens with one attached hydrogen (secondary N) is 3. The van der Waals surface area contributed by atoms with Crippen molar-refractivity contribution in [1.29, 1.82) is 0 Å². The molecule has 32 heavy (non-hydrogen) atoms. The second kappa shape index (κ2) is 11.0. The monoisotopic (exact) mass is 433 g/mol. The van der Waals surface area contributed by atoms with Gasteiger partial charge in [0.2, 0.25) is 5.95 Å². The van der Waals surface area contributed by atoms with E-state index < -0.39 is 0 Å². The van der Waals surface area contributed by atoms with Gasteiger partial charge in [-0.05, 0) is 49.5 Å². The Kier molecular flexibility index (Phi) is 7.66. The van der Waals surface area contributed by atoms with Crippen molar-refractivity contribution in [2.75, 3.05) is 38.5 Å². The number of hydrogen-bond acceptors (Lipinski definition) is 7. The lowest BCUT2D eigenvalue weighted by molar-refractivity contribution is 0.153. The van der Waals surface area contributed by atoms with Crippen LogP contribution in [0, 0.1) is 5.92 Å². The minimum absolute atomic E-state index is 0.00946. The number of aliphatic hydroxyl groups is 1. The van der Waals surface area contributed by atoms with Gasteiger partial charge in [-0.15, -0.1) is 0 Å². The summed E-state index contributed by atoms with van der Waals surface area (Å²) in [5.41, 5.74) is 3.01. The molecule has 168 valence electrons. The lowest BCUT2D eigenvalue weighted by Gasteiger charge is -2.20. The number of anilines is 1. The molecule has 0 amide bonds. The standard InChI is InChI=1S/C25H31N5O2/c1-26-13-12-24(19-5-3-2-4-6-19)32-21-9-7-18(8-10-21)22-11-14-28-25(30-22)29-16-20-15-27-17-23(20)31/h2-11,14,20,23-24,26-27,31H,12-13,15-17H2,1H3,(H,28,29,30)/t20-,23+,24+/m1/s1. The van der Waals surface area contributed by atoms with Crippen LogP contribution in [0.2, 0.25) is 0 Å². The highest BCUT2D eigenvalue weighted by atomic mass is 16.5. The van der Waals surface area contributed by atoms with Crippen LogP contribution in [0.5, 0.6) is 5.75 Å². The van der Waals surface area contributed by atoms with Crippen LogP contribution in [-0.4, -0.2) is 54.4 Å². The van der Waals surface area contributed by atoms with Crippen molar-refractivity contribution in [2.45, 2.75) is 18.6 Å². The molecule has 1 aliphatic rings. The Balaban J connectivity index is 1.41. The third-order valence-corrected chi connectivity index (χ3v) is 5.74. The molecular weight excluding hydrogens is 402 g/mol. The fraction of sp³-hybridized carbons (Fsp3) is 0.360. The number of ether oxygens (including phenoxy) is 1. The SMILES string of the molecule is CNCC[C@H](Oc1ccc(-c2ccnc(NC[C@H]3CNC[C@@H]3O)n2)cc1)c1ccccc1. The van der Waals surface area contributed by atoms with Crippen LogP contribution in [0.3, 0.4) is 0 Å². The summed E-state index contributed by atoms with van der Waals surface area (Å²) < 4.78 is 6.31. The molecule has 7 heteroatoms. The molecule has 0 saturated carbocycles. The Bertz CT molecular complexity index is 968. The number of β-amino-alcohol motifs (C(OH)–C–C–N with tert-alkyl or cyclic N) is 1. The number of aliphatic hydroxyl groups excluding tert-OH is 1. The van der Waals surface area contributed by atoms with Crippen LogP contribution >= 0.6 is 0 Å². The zero-order valence-corrected chi connectivity index (χ0v) is 18.4. The number of hydrogen-bond donors (Lipinski definition) is 4. The average Bonchev–Trinajstić information content (AvgIpc) is 3.26. The molecule has 4 N–H and O–H groups in total. The fourth-order valence-corrected chi connectivity index (χ4v) is 3.86. The Morgan fingerprint density at radius 3 is 2.62 bits per heavy atom. The first kappa shape index (κ1) is 22.2. The van der Waals surface area contributed by atoms with Crippen LogP contribution in [0.25, 0.3) is 11.3 Å². The highest BCUT2D eigenvalue weighted by molar-refractivity contribution is 5.61. The van der Waals surface area contributed by atoms with Crippen molar-refractivity contribution in [3.63, 3.8) is 0 Å². The predicted octanol–water partition coefficient (Wildman–Crippen LogP) is 2.87. The molecule has 1 aliphatic heterocycles. The number of nitrogens with zero attached hydrogens (tertiary/aromatic N) is 2. The van der Waals surface area contributed by atoms with E-state index in [2.05, 4.69) is 38.1 Å². The van der Waals surface area contributed by atoms with Crippen molar-refractivity contribution in [1.82, 2.24) is 20.6 Å². The molecule has 7 nitrogen and oxygen atoms in total. The molecule has 2 heterocycles. The molecule has 0 unspecified atom stereocenters. The summed E-state index contributed by atoms with van der Waals surface area (Å²) in [5, 5.41) is 19.6. The Morgan fingerprint density at radius 2 is 1.91 bits per heavy atom. The lowest BCUT2D eigenvalue weighted by Crippen LogP contribution is -2.26. The van der Waals surface area contributed by atoms with Crippen molar-refractivity contribution < 1.29 is 9.84 Å². The zero-order chi connectivity index (χ0) is 22.2. The number of rotatable bonds is 10. The van der Waals surface area contributed by atoms with Gasteiger partial charge < -0.3 is 25.8 Å². The van der Waals surface area contributed by atoms with E-state index in [0.29, 0.717) is 19.0 Å². The van der Waals surface area contributed by atoms with E-state index in [-0.39, 0.29) is 18.1 Å². The van der Waals surface area contributed by atoms with E-state index in [0.717, 1.165) is 36.5 Å². The molecule has 1 aromatic heterocycles. The number of benzene rings is 2. The van der Waals surface area contributed by atoms with Crippen molar-refractivity contribution in [3.05, 3.63) is 72.4 Å². The molecule has 0 radical (unpaired) electrons. The number of aromatic nitrogens is 2. The van der Waals surface area contributed by atoms with E-state index in [1.165, 1.54) is 5.56 Å². The molecule has 3 aromatic rings. The molecule has 2 aromatic carbocycles. The van der Waals surface area contributed by atoms with Crippen LogP contribution in [0.1, 0.15) is 18.1 Å². The highest BCUT2D eigenvalue weighted by Crippen LogP contribution is 2.27. The first-order chi connectivity index (χ1) is 15.7. The summed E-state index contributed by atoms with van der Waals surface area (Å²) in [6.07, 6.45) is 2.30. The molecule has 4 rings (SSSR count). The van der Waals surface area contributed by atoms with Gasteiger partial charge in [0.15, 0.2) is 0 Å². The van der Waals surface area contributed by atoms with Gasteiger partial charge in [0.1, 0.15) is 11.9 Å². The molecule has 0 spiro atoms. The summed E-state index contributed by atoms with van der Waals surface area (Å²) in [6, 6.07) is 20.2. The van der Waals surface area contributed by atoms with E-state index >= 15 is 0 Å². The lowest BCUT2D eigenvalue weighted by atomic mass is 10.1. The van der Waals surface area contributed by atoms with Gasteiger partial charge in [0, 0.05) is 43.7 Å². The van der Waals surface area contributed by atoms with Gasteiger partial charge in [-0.1, -0.05) is 30.3 Å². The molecule has 0 bridgehead atoms. The largest absolute Gasteiger partial charge is 0.486 e. The molecular formula is C25H31N5O2. The molecule has 3 atom stereocenters. The average molecular weight is 434 g/mol. The predicted molar refractivity (Wildman–Crippen MR) is 127 cm³/mol. The second-order valence-electron chi connectivity index (χ2n) is 8.07. The summed E-state index contributed by atoms with van der Waals surface area (Å²) >= 11 is 0. The second-order valence-corrected chi connectivity index (χ2v) is 8.07. The van der Waals surface area contributed by atoms with E-state index in [1.54, 1.807) is 6.20 Å². The normalized spacial score (nSPS) is 18.9. The maximum absolute atomic E-state index is 9.95. The van der Waals surface area contributed by atoms with Crippen LogP contribution in [0.4, 0.5) is 5.95 Å². The first-order valence-electron chi connectivity index (χ1n) is 11.2. The van der Waals surface area contributed by atoms with Gasteiger partial charge in [0.05, 0.1) is 11.8 Å². The quantitative estimate of drug-likeness (QED) is 0.391. The summed E-state index contributed by atoms with van der Waals surface area (Å²) in [5.74, 6) is 1.56. The maximum Gasteiger partial charge on any atom is 0.223 e. The zero-order valence-electron chi connectivity index (χ0n) is 18.4. The van der Waals surface area contributed by atoms with E-state index in [1.807, 2.05) is 55.6 Å². The topological polar surface area (TPSA) is 91.3 Å². The molecule has 0 aliphatic carbocycles. The minimum atomic E-state index is -0.328. The van der Waals surface area contributed by atoms with Crippen molar-refractivity contribution in [3.8, 4) is 17.0 Å². The Hall–Kier alpha value is -3.00. The third kappa shape index (κ3) is 5.82. The minimum Gasteiger partial charge on any atom is -0.486 e. The van der Waals surface area contributed by atoms with Gasteiger partial charge in [-0.3, -0.25) is 0 Å². The Morgan fingerprint density at radius 1 is 1.09 bits per heavy atom. The van der Waals surface area contributed by atoms with E-state index in [9.17, 15) is 5.11 Å². The smallest absolute Gasteiger partial charge is 0.223 e. The fourth-order valence-electron chi connectivity index (χ4n) is 3.86.